The second kappa shape index (κ2) is 6.67. The fourth-order valence-corrected chi connectivity index (χ4v) is 3.01. The van der Waals surface area contributed by atoms with Gasteiger partial charge in [-0.3, -0.25) is 9.78 Å². The van der Waals surface area contributed by atoms with Crippen LogP contribution < -0.4 is 5.32 Å². The molecule has 7 nitrogen and oxygen atoms in total. The van der Waals surface area contributed by atoms with Crippen LogP contribution in [-0.2, 0) is 11.8 Å². The summed E-state index contributed by atoms with van der Waals surface area (Å²) < 4.78 is 1.85. The quantitative estimate of drug-likeness (QED) is 0.720. The van der Waals surface area contributed by atoms with Crippen LogP contribution in [0.25, 0.3) is 11.4 Å². The summed E-state index contributed by atoms with van der Waals surface area (Å²) in [5.41, 5.74) is 0.886. The van der Waals surface area contributed by atoms with E-state index in [0.717, 1.165) is 11.4 Å². The smallest absolute Gasteiger partial charge is 0.236 e. The molecule has 0 radical (unpaired) electrons. The molecule has 3 heterocycles. The Kier molecular flexibility index (Phi) is 4.45. The molecular formula is C13H12N6OS2. The van der Waals surface area contributed by atoms with E-state index in [1.54, 1.807) is 18.6 Å². The normalized spacial score (nSPS) is 10.6. The maximum absolute atomic E-state index is 11.8. The van der Waals surface area contributed by atoms with Gasteiger partial charge >= 0.3 is 0 Å². The molecule has 0 unspecified atom stereocenters. The number of carbonyl (C=O) groups is 1. The summed E-state index contributed by atoms with van der Waals surface area (Å²) in [5.74, 6) is 0.848. The number of pyridine rings is 1. The summed E-state index contributed by atoms with van der Waals surface area (Å²) in [6.07, 6.45) is 5.09. The van der Waals surface area contributed by atoms with E-state index in [9.17, 15) is 4.79 Å². The average Bonchev–Trinajstić information content (AvgIpc) is 3.16. The van der Waals surface area contributed by atoms with Crippen molar-refractivity contribution < 1.29 is 4.79 Å². The molecule has 0 aromatic carbocycles. The highest BCUT2D eigenvalue weighted by Crippen LogP contribution is 2.22. The third-order valence-corrected chi connectivity index (χ3v) is 4.47. The van der Waals surface area contributed by atoms with Crippen LogP contribution >= 0.6 is 23.1 Å². The Labute approximate surface area is 134 Å². The first-order valence-electron chi connectivity index (χ1n) is 6.36. The summed E-state index contributed by atoms with van der Waals surface area (Å²) in [4.78, 5) is 19.9. The molecule has 3 aromatic rings. The lowest BCUT2D eigenvalue weighted by atomic mass is 10.3. The Balaban J connectivity index is 1.64. The molecule has 3 aromatic heterocycles. The van der Waals surface area contributed by atoms with Crippen molar-refractivity contribution in [2.45, 2.75) is 5.16 Å². The highest BCUT2D eigenvalue weighted by atomic mass is 32.2. The van der Waals surface area contributed by atoms with E-state index >= 15 is 0 Å². The lowest BCUT2D eigenvalue weighted by molar-refractivity contribution is -0.113. The van der Waals surface area contributed by atoms with Crippen molar-refractivity contribution in [3.8, 4) is 11.4 Å². The van der Waals surface area contributed by atoms with Crippen molar-refractivity contribution in [1.29, 1.82) is 0 Å². The summed E-state index contributed by atoms with van der Waals surface area (Å²) >= 11 is 2.71. The molecule has 0 aliphatic carbocycles. The topological polar surface area (TPSA) is 85.6 Å². The van der Waals surface area contributed by atoms with Gasteiger partial charge in [-0.15, -0.1) is 21.5 Å². The van der Waals surface area contributed by atoms with Crippen LogP contribution in [0.15, 0.2) is 41.3 Å². The zero-order valence-electron chi connectivity index (χ0n) is 11.6. The van der Waals surface area contributed by atoms with Crippen LogP contribution in [0.3, 0.4) is 0 Å². The van der Waals surface area contributed by atoms with Crippen LogP contribution in [0.1, 0.15) is 0 Å². The van der Waals surface area contributed by atoms with E-state index in [1.807, 2.05) is 29.1 Å². The third-order valence-electron chi connectivity index (χ3n) is 2.77. The highest BCUT2D eigenvalue weighted by molar-refractivity contribution is 7.99. The van der Waals surface area contributed by atoms with E-state index in [4.69, 9.17) is 0 Å². The van der Waals surface area contributed by atoms with Gasteiger partial charge in [-0.25, -0.2) is 4.98 Å². The number of thiazole rings is 1. The second-order valence-corrected chi connectivity index (χ2v) is 6.12. The number of nitrogens with one attached hydrogen (secondary N) is 1. The summed E-state index contributed by atoms with van der Waals surface area (Å²) in [6.45, 7) is 0. The zero-order chi connectivity index (χ0) is 15.4. The Morgan fingerprint density at radius 1 is 1.41 bits per heavy atom. The molecule has 0 bridgehead atoms. The number of thioether (sulfide) groups is 1. The van der Waals surface area contributed by atoms with Gasteiger partial charge < -0.3 is 9.88 Å². The molecule has 0 fully saturated rings. The van der Waals surface area contributed by atoms with Crippen molar-refractivity contribution in [2.75, 3.05) is 11.1 Å². The van der Waals surface area contributed by atoms with Gasteiger partial charge in [0.25, 0.3) is 0 Å². The number of amides is 1. The second-order valence-electron chi connectivity index (χ2n) is 4.28. The number of hydrogen-bond donors (Lipinski definition) is 1. The molecule has 0 atom stereocenters. The van der Waals surface area contributed by atoms with E-state index in [0.29, 0.717) is 10.3 Å². The predicted molar refractivity (Wildman–Crippen MR) is 85.7 cm³/mol. The van der Waals surface area contributed by atoms with Crippen LogP contribution in [0.4, 0.5) is 5.13 Å². The van der Waals surface area contributed by atoms with Crippen LogP contribution in [0, 0.1) is 0 Å². The molecule has 1 amide bonds. The van der Waals surface area contributed by atoms with Gasteiger partial charge in [-0.2, -0.15) is 0 Å². The molecule has 0 saturated carbocycles. The lowest BCUT2D eigenvalue weighted by Crippen LogP contribution is -2.14. The minimum absolute atomic E-state index is 0.120. The molecule has 3 rings (SSSR count). The van der Waals surface area contributed by atoms with Crippen LogP contribution in [-0.4, -0.2) is 36.4 Å². The number of hydrogen-bond acceptors (Lipinski definition) is 7. The Morgan fingerprint density at radius 2 is 2.32 bits per heavy atom. The minimum atomic E-state index is -0.120. The molecule has 9 heteroatoms. The Morgan fingerprint density at radius 3 is 3.05 bits per heavy atom. The maximum Gasteiger partial charge on any atom is 0.236 e. The number of nitrogens with zero attached hydrogens (tertiary/aromatic N) is 5. The first-order chi connectivity index (χ1) is 10.7. The SMILES string of the molecule is Cn1c(SCC(=O)Nc2nccs2)nnc1-c1cccnc1. The maximum atomic E-state index is 11.8. The van der Waals surface area contributed by atoms with E-state index < -0.39 is 0 Å². The first-order valence-corrected chi connectivity index (χ1v) is 8.22. The molecule has 1 N–H and O–H groups in total. The van der Waals surface area contributed by atoms with Gasteiger partial charge in [0.05, 0.1) is 5.75 Å². The van der Waals surface area contributed by atoms with Gasteiger partial charge in [-0.05, 0) is 12.1 Å². The van der Waals surface area contributed by atoms with Crippen molar-refractivity contribution in [2.24, 2.45) is 7.05 Å². The van der Waals surface area contributed by atoms with Gasteiger partial charge in [0.15, 0.2) is 16.1 Å². The highest BCUT2D eigenvalue weighted by Gasteiger charge is 2.13. The largest absolute Gasteiger partial charge is 0.305 e. The number of anilines is 1. The average molecular weight is 332 g/mol. The zero-order valence-corrected chi connectivity index (χ0v) is 13.3. The van der Waals surface area contributed by atoms with Crippen molar-refractivity contribution in [1.82, 2.24) is 24.7 Å². The Bertz CT molecular complexity index is 756. The van der Waals surface area contributed by atoms with Crippen molar-refractivity contribution in [3.63, 3.8) is 0 Å². The van der Waals surface area contributed by atoms with E-state index in [-0.39, 0.29) is 11.7 Å². The van der Waals surface area contributed by atoms with Gasteiger partial charge in [-0.1, -0.05) is 11.8 Å². The third kappa shape index (κ3) is 3.31. The minimum Gasteiger partial charge on any atom is -0.305 e. The molecule has 0 spiro atoms. The molecular weight excluding hydrogens is 320 g/mol. The van der Waals surface area contributed by atoms with Gasteiger partial charge in [0, 0.05) is 36.6 Å². The van der Waals surface area contributed by atoms with Crippen LogP contribution in [0.5, 0.6) is 0 Å². The molecule has 0 aliphatic rings. The number of carbonyl (C=O) groups excluding carboxylic acids is 1. The summed E-state index contributed by atoms with van der Waals surface area (Å²) in [7, 11) is 1.86. The summed E-state index contributed by atoms with van der Waals surface area (Å²) in [6, 6.07) is 3.76. The molecule has 0 aliphatic heterocycles. The predicted octanol–water partition coefficient (Wildman–Crippen LogP) is 2.06. The van der Waals surface area contributed by atoms with Crippen LogP contribution in [0.2, 0.25) is 0 Å². The first kappa shape index (κ1) is 14.7. The van der Waals surface area contributed by atoms with Gasteiger partial charge in [0.1, 0.15) is 0 Å². The summed E-state index contributed by atoms with van der Waals surface area (Å²) in [5, 5.41) is 14.1. The fourth-order valence-electron chi connectivity index (χ4n) is 1.76. The monoisotopic (exact) mass is 332 g/mol. The van der Waals surface area contributed by atoms with Gasteiger partial charge in [0.2, 0.25) is 5.91 Å². The van der Waals surface area contributed by atoms with Crippen molar-refractivity contribution in [3.05, 3.63) is 36.1 Å². The number of aromatic nitrogens is 5. The number of rotatable bonds is 5. The molecule has 0 saturated heterocycles. The Hall–Kier alpha value is -2.26. The molecule has 22 heavy (non-hydrogen) atoms. The molecule has 112 valence electrons. The van der Waals surface area contributed by atoms with E-state index in [1.165, 1.54) is 23.1 Å². The van der Waals surface area contributed by atoms with E-state index in [2.05, 4.69) is 25.5 Å². The fraction of sp³-hybridized carbons (Fsp3) is 0.154. The standard InChI is InChI=1S/C13H12N6OS2/c1-19-11(9-3-2-4-14-7-9)17-18-13(19)22-8-10(20)16-12-15-5-6-21-12/h2-7H,8H2,1H3,(H,15,16,20). The van der Waals surface area contributed by atoms with Crippen molar-refractivity contribution >= 4 is 34.1 Å². The lowest BCUT2D eigenvalue weighted by Gasteiger charge is -2.03.